The first kappa shape index (κ1) is 22.5. The summed E-state index contributed by atoms with van der Waals surface area (Å²) in [6, 6.07) is 12.3. The number of furan rings is 1. The Hall–Kier alpha value is -0.560. The van der Waals surface area contributed by atoms with Gasteiger partial charge in [0.2, 0.25) is 0 Å². The van der Waals surface area contributed by atoms with Crippen LogP contribution < -0.4 is 30.1 Å². The van der Waals surface area contributed by atoms with E-state index in [9.17, 15) is 0 Å². The average molecular weight is 450 g/mol. The molecule has 25 heavy (non-hydrogen) atoms. The molecule has 0 spiro atoms. The number of nitrogens with zero attached hydrogens (tertiary/aromatic N) is 1. The highest BCUT2D eigenvalue weighted by Crippen LogP contribution is 2.23. The Kier molecular flexibility index (Phi) is 10.7. The van der Waals surface area contributed by atoms with Crippen LogP contribution in [0.25, 0.3) is 11.3 Å². The maximum Gasteiger partial charge on any atom is 0.134 e. The molecule has 0 bridgehead atoms. The third-order valence-electron chi connectivity index (χ3n) is 4.02. The molecule has 1 aliphatic heterocycles. The van der Waals surface area contributed by atoms with Crippen molar-refractivity contribution in [3.63, 3.8) is 0 Å². The molecule has 1 aromatic carbocycles. The van der Waals surface area contributed by atoms with Crippen molar-refractivity contribution >= 4 is 15.9 Å². The van der Waals surface area contributed by atoms with Crippen LogP contribution >= 0.6 is 15.9 Å². The predicted octanol–water partition coefficient (Wildman–Crippen LogP) is -2.47. The van der Waals surface area contributed by atoms with Crippen molar-refractivity contribution in [2.24, 2.45) is 0 Å². The second-order valence-corrected chi connectivity index (χ2v) is 6.67. The molecule has 0 radical (unpaired) electrons. The molecule has 1 aromatic heterocycles. The van der Waals surface area contributed by atoms with E-state index in [1.165, 1.54) is 0 Å². The Labute approximate surface area is 170 Å². The van der Waals surface area contributed by atoms with Gasteiger partial charge in [-0.3, -0.25) is 4.90 Å². The van der Waals surface area contributed by atoms with Crippen molar-refractivity contribution in [1.29, 1.82) is 0 Å². The molecule has 0 saturated carbocycles. The molecule has 7 heteroatoms. The Morgan fingerprint density at radius 3 is 2.44 bits per heavy atom. The van der Waals surface area contributed by atoms with Crippen LogP contribution in [0.4, 0.5) is 0 Å². The lowest BCUT2D eigenvalue weighted by molar-refractivity contribution is -0.00100. The fraction of sp³-hybridized carbons (Fsp3) is 0.444. The molecule has 140 valence electrons. The van der Waals surface area contributed by atoms with Crippen LogP contribution in [0.2, 0.25) is 0 Å². The van der Waals surface area contributed by atoms with Gasteiger partial charge in [0.25, 0.3) is 0 Å². The van der Waals surface area contributed by atoms with Crippen molar-refractivity contribution < 1.29 is 34.0 Å². The number of hydrogen-bond acceptors (Lipinski definition) is 4. The predicted molar refractivity (Wildman–Crippen MR) is 95.4 cm³/mol. The van der Waals surface area contributed by atoms with E-state index >= 15 is 0 Å². The minimum atomic E-state index is 0. The highest BCUT2D eigenvalue weighted by atomic mass is 79.9. The average Bonchev–Trinajstić information content (AvgIpc) is 3.05. The lowest BCUT2D eigenvalue weighted by Gasteiger charge is -2.26. The zero-order valence-electron chi connectivity index (χ0n) is 14.0. The van der Waals surface area contributed by atoms with Gasteiger partial charge in [-0.1, -0.05) is 28.1 Å². The molecular formula is C18H23BrCl2N2O2-2. The van der Waals surface area contributed by atoms with E-state index in [-0.39, 0.29) is 24.8 Å². The second-order valence-electron chi connectivity index (χ2n) is 5.76. The third-order valence-corrected chi connectivity index (χ3v) is 4.55. The summed E-state index contributed by atoms with van der Waals surface area (Å²) in [5, 5.41) is 3.46. The van der Waals surface area contributed by atoms with Gasteiger partial charge in [-0.05, 0) is 43.8 Å². The normalized spacial score (nSPS) is 14.6. The summed E-state index contributed by atoms with van der Waals surface area (Å²) in [6.07, 6.45) is 1.15. The van der Waals surface area contributed by atoms with Crippen molar-refractivity contribution in [2.45, 2.75) is 13.0 Å². The molecule has 0 atom stereocenters. The first-order valence-electron chi connectivity index (χ1n) is 8.17. The number of nitrogens with one attached hydrogen (secondary N) is 1. The van der Waals surface area contributed by atoms with Crippen LogP contribution in [0, 0.1) is 0 Å². The Bertz CT molecular complexity index is 601. The number of rotatable bonds is 7. The Morgan fingerprint density at radius 1 is 1.00 bits per heavy atom. The van der Waals surface area contributed by atoms with E-state index in [4.69, 9.17) is 9.15 Å². The topological polar surface area (TPSA) is 37.6 Å². The number of benzene rings is 1. The van der Waals surface area contributed by atoms with Crippen LogP contribution in [-0.4, -0.2) is 44.3 Å². The highest BCUT2D eigenvalue weighted by molar-refractivity contribution is 9.10. The summed E-state index contributed by atoms with van der Waals surface area (Å²) < 4.78 is 12.3. The van der Waals surface area contributed by atoms with Crippen molar-refractivity contribution in [3.05, 3.63) is 46.6 Å². The van der Waals surface area contributed by atoms with Gasteiger partial charge in [-0.25, -0.2) is 0 Å². The van der Waals surface area contributed by atoms with Gasteiger partial charge in [0.15, 0.2) is 0 Å². The molecule has 0 unspecified atom stereocenters. The molecule has 0 amide bonds. The summed E-state index contributed by atoms with van der Waals surface area (Å²) in [6.45, 7) is 6.80. The number of morpholine rings is 1. The first-order chi connectivity index (χ1) is 11.3. The molecule has 1 fully saturated rings. The summed E-state index contributed by atoms with van der Waals surface area (Å²) >= 11 is 3.45. The summed E-state index contributed by atoms with van der Waals surface area (Å²) in [5.74, 6) is 1.90. The minimum absolute atomic E-state index is 0. The first-order valence-corrected chi connectivity index (χ1v) is 8.96. The van der Waals surface area contributed by atoms with Gasteiger partial charge in [0.05, 0.1) is 19.8 Å². The van der Waals surface area contributed by atoms with Crippen LogP contribution in [0.15, 0.2) is 45.3 Å². The minimum Gasteiger partial charge on any atom is -1.00 e. The molecule has 3 rings (SSSR count). The summed E-state index contributed by atoms with van der Waals surface area (Å²) in [4.78, 5) is 2.46. The lowest BCUT2D eigenvalue weighted by Crippen LogP contribution is -3.00. The quantitative estimate of drug-likeness (QED) is 0.475. The van der Waals surface area contributed by atoms with Gasteiger partial charge in [0, 0.05) is 23.1 Å². The molecule has 1 N–H and O–H groups in total. The van der Waals surface area contributed by atoms with Gasteiger partial charge >= 0.3 is 0 Å². The number of hydrogen-bond donors (Lipinski definition) is 1. The largest absolute Gasteiger partial charge is 1.00 e. The van der Waals surface area contributed by atoms with Gasteiger partial charge in [0.1, 0.15) is 11.5 Å². The van der Waals surface area contributed by atoms with Gasteiger partial charge in [-0.2, -0.15) is 0 Å². The zero-order chi connectivity index (χ0) is 15.9. The fourth-order valence-electron chi connectivity index (χ4n) is 2.71. The van der Waals surface area contributed by atoms with Crippen molar-refractivity contribution in [3.8, 4) is 11.3 Å². The van der Waals surface area contributed by atoms with Crippen molar-refractivity contribution in [1.82, 2.24) is 10.2 Å². The van der Waals surface area contributed by atoms with E-state index < -0.39 is 0 Å². The monoisotopic (exact) mass is 448 g/mol. The van der Waals surface area contributed by atoms with Crippen LogP contribution in [-0.2, 0) is 11.3 Å². The summed E-state index contributed by atoms with van der Waals surface area (Å²) in [5.41, 5.74) is 1.10. The van der Waals surface area contributed by atoms with Crippen LogP contribution in [0.1, 0.15) is 12.2 Å². The fourth-order valence-corrected chi connectivity index (χ4v) is 2.97. The number of ether oxygens (including phenoxy) is 1. The maximum absolute atomic E-state index is 5.90. The van der Waals surface area contributed by atoms with Gasteiger partial charge < -0.3 is 39.3 Å². The van der Waals surface area contributed by atoms with E-state index in [0.717, 1.165) is 73.9 Å². The molecule has 0 aliphatic carbocycles. The molecule has 2 heterocycles. The van der Waals surface area contributed by atoms with E-state index in [1.54, 1.807) is 0 Å². The zero-order valence-corrected chi connectivity index (χ0v) is 17.1. The highest BCUT2D eigenvalue weighted by Gasteiger charge is 2.09. The Balaban J connectivity index is 0.00000156. The van der Waals surface area contributed by atoms with Crippen molar-refractivity contribution in [2.75, 3.05) is 39.4 Å². The standard InChI is InChI=1S/C18H23BrN2O2.2ClH/c19-16-4-2-15(3-5-16)18-7-6-17(23-18)14-20-8-1-9-21-10-12-22-13-11-21;;/h2-7,20H,1,8-14H2;2*1H/p-2. The van der Waals surface area contributed by atoms with Gasteiger partial charge in [-0.15, -0.1) is 0 Å². The van der Waals surface area contributed by atoms with E-state index in [0.29, 0.717) is 0 Å². The summed E-state index contributed by atoms with van der Waals surface area (Å²) in [7, 11) is 0. The van der Waals surface area contributed by atoms with E-state index in [1.807, 2.05) is 24.3 Å². The smallest absolute Gasteiger partial charge is 0.134 e. The second kappa shape index (κ2) is 11.9. The molecule has 1 saturated heterocycles. The number of halogens is 3. The third kappa shape index (κ3) is 7.29. The van der Waals surface area contributed by atoms with E-state index in [2.05, 4.69) is 38.3 Å². The molecule has 4 nitrogen and oxygen atoms in total. The maximum atomic E-state index is 5.90. The molecular weight excluding hydrogens is 427 g/mol. The molecule has 2 aromatic rings. The molecule has 1 aliphatic rings. The van der Waals surface area contributed by atoms with Crippen LogP contribution in [0.5, 0.6) is 0 Å². The lowest BCUT2D eigenvalue weighted by atomic mass is 10.2. The van der Waals surface area contributed by atoms with Crippen LogP contribution in [0.3, 0.4) is 0 Å². The Morgan fingerprint density at radius 2 is 1.72 bits per heavy atom. The SMILES string of the molecule is Brc1ccc(-c2ccc(CNCCCN3CCOCC3)o2)cc1.[Cl-].[Cl-].